The Morgan fingerprint density at radius 2 is 1.92 bits per heavy atom. The van der Waals surface area contributed by atoms with Crippen molar-refractivity contribution in [1.82, 2.24) is 20.3 Å². The van der Waals surface area contributed by atoms with E-state index in [2.05, 4.69) is 36.3 Å². The third kappa shape index (κ3) is 2.76. The van der Waals surface area contributed by atoms with Gasteiger partial charge in [0.2, 0.25) is 5.82 Å². The molecular weight excluding hydrogens is 368 g/mol. The molecule has 6 heteroatoms. The molecule has 0 radical (unpaired) electrons. The Hall–Kier alpha value is -2.73. The second-order valence-corrected chi connectivity index (χ2v) is 6.33. The van der Waals surface area contributed by atoms with Crippen LogP contribution in [0.25, 0.3) is 34.2 Å². The number of H-pyrrole nitrogens is 1. The molecule has 5 nitrogen and oxygen atoms in total. The van der Waals surface area contributed by atoms with Gasteiger partial charge in [0.1, 0.15) is 5.69 Å². The number of aryl methyl sites for hydroxylation is 1. The van der Waals surface area contributed by atoms with E-state index in [4.69, 9.17) is 4.52 Å². The van der Waals surface area contributed by atoms with Gasteiger partial charge in [-0.2, -0.15) is 10.1 Å². The number of hydrogen-bond acceptors (Lipinski definition) is 4. The Labute approximate surface area is 146 Å². The van der Waals surface area contributed by atoms with Gasteiger partial charge in [0.15, 0.2) is 0 Å². The van der Waals surface area contributed by atoms with Crippen LogP contribution in [0.2, 0.25) is 0 Å². The van der Waals surface area contributed by atoms with Crippen molar-refractivity contribution in [3.63, 3.8) is 0 Å². The van der Waals surface area contributed by atoms with E-state index in [9.17, 15) is 0 Å². The van der Waals surface area contributed by atoms with E-state index >= 15 is 0 Å². The normalized spacial score (nSPS) is 10.9. The lowest BCUT2D eigenvalue weighted by Crippen LogP contribution is -1.84. The van der Waals surface area contributed by atoms with Crippen LogP contribution < -0.4 is 0 Å². The standard InChI is InChI=1S/C18H13BrN4O/c1-11-5-2-3-8-14(11)17-20-18(24-23-17)16-10-15(21-22-16)12-6-4-7-13(19)9-12/h2-10H,1H3,(H,21,22). The molecule has 4 rings (SSSR count). The maximum absolute atomic E-state index is 5.39. The summed E-state index contributed by atoms with van der Waals surface area (Å²) in [5.74, 6) is 0.990. The summed E-state index contributed by atoms with van der Waals surface area (Å²) >= 11 is 3.47. The van der Waals surface area contributed by atoms with Gasteiger partial charge in [-0.1, -0.05) is 57.5 Å². The molecule has 24 heavy (non-hydrogen) atoms. The Balaban J connectivity index is 1.68. The number of aromatic nitrogens is 4. The van der Waals surface area contributed by atoms with Crippen LogP contribution in [0.3, 0.4) is 0 Å². The number of nitrogens with one attached hydrogen (secondary N) is 1. The van der Waals surface area contributed by atoms with Crippen molar-refractivity contribution in [2.24, 2.45) is 0 Å². The first-order valence-electron chi connectivity index (χ1n) is 7.42. The van der Waals surface area contributed by atoms with Gasteiger partial charge in [-0.05, 0) is 30.7 Å². The van der Waals surface area contributed by atoms with Gasteiger partial charge < -0.3 is 4.52 Å². The van der Waals surface area contributed by atoms with Crippen LogP contribution in [0.1, 0.15) is 5.56 Å². The van der Waals surface area contributed by atoms with E-state index in [1.807, 2.05) is 61.5 Å². The van der Waals surface area contributed by atoms with Gasteiger partial charge in [-0.15, -0.1) is 0 Å². The zero-order chi connectivity index (χ0) is 16.5. The van der Waals surface area contributed by atoms with Crippen LogP contribution in [-0.2, 0) is 0 Å². The SMILES string of the molecule is Cc1ccccc1-c1noc(-c2cc(-c3cccc(Br)c3)n[nH]2)n1. The number of hydrogen-bond donors (Lipinski definition) is 1. The largest absolute Gasteiger partial charge is 0.332 e. The molecule has 0 bridgehead atoms. The summed E-state index contributed by atoms with van der Waals surface area (Å²) in [5.41, 5.74) is 4.58. The van der Waals surface area contributed by atoms with E-state index in [-0.39, 0.29) is 0 Å². The van der Waals surface area contributed by atoms with Gasteiger partial charge in [0.25, 0.3) is 5.89 Å². The minimum atomic E-state index is 0.419. The number of nitrogens with zero attached hydrogens (tertiary/aromatic N) is 3. The summed E-state index contributed by atoms with van der Waals surface area (Å²) in [6.45, 7) is 2.02. The Morgan fingerprint density at radius 3 is 2.75 bits per heavy atom. The zero-order valence-electron chi connectivity index (χ0n) is 12.8. The molecule has 0 atom stereocenters. The van der Waals surface area contributed by atoms with E-state index in [0.29, 0.717) is 17.4 Å². The highest BCUT2D eigenvalue weighted by Crippen LogP contribution is 2.27. The Morgan fingerprint density at radius 1 is 1.04 bits per heavy atom. The quantitative estimate of drug-likeness (QED) is 0.550. The topological polar surface area (TPSA) is 67.6 Å². The molecule has 118 valence electrons. The highest BCUT2D eigenvalue weighted by Gasteiger charge is 2.15. The number of halogens is 1. The van der Waals surface area contributed by atoms with Gasteiger partial charge in [-0.25, -0.2) is 0 Å². The summed E-state index contributed by atoms with van der Waals surface area (Å²) in [4.78, 5) is 4.48. The molecule has 0 amide bonds. The van der Waals surface area contributed by atoms with Crippen molar-refractivity contribution in [2.45, 2.75) is 6.92 Å². The number of aromatic amines is 1. The third-order valence-electron chi connectivity index (χ3n) is 3.74. The third-order valence-corrected chi connectivity index (χ3v) is 4.23. The minimum Gasteiger partial charge on any atom is -0.332 e. The first-order valence-corrected chi connectivity index (χ1v) is 8.21. The van der Waals surface area contributed by atoms with E-state index in [0.717, 1.165) is 26.9 Å². The second-order valence-electron chi connectivity index (χ2n) is 5.42. The van der Waals surface area contributed by atoms with Gasteiger partial charge in [-0.3, -0.25) is 5.10 Å². The van der Waals surface area contributed by atoms with E-state index < -0.39 is 0 Å². The maximum Gasteiger partial charge on any atom is 0.276 e. The molecule has 0 aliphatic carbocycles. The molecule has 2 heterocycles. The molecule has 0 aliphatic heterocycles. The molecule has 0 saturated heterocycles. The lowest BCUT2D eigenvalue weighted by Gasteiger charge is -1.97. The van der Waals surface area contributed by atoms with Crippen LogP contribution in [-0.4, -0.2) is 20.3 Å². The van der Waals surface area contributed by atoms with Crippen LogP contribution in [0.5, 0.6) is 0 Å². The summed E-state index contributed by atoms with van der Waals surface area (Å²) in [5, 5.41) is 11.4. The summed E-state index contributed by atoms with van der Waals surface area (Å²) in [6.07, 6.45) is 0. The smallest absolute Gasteiger partial charge is 0.276 e. The maximum atomic E-state index is 5.39. The van der Waals surface area contributed by atoms with Crippen LogP contribution in [0.4, 0.5) is 0 Å². The van der Waals surface area contributed by atoms with Gasteiger partial charge in [0, 0.05) is 15.6 Å². The van der Waals surface area contributed by atoms with Crippen LogP contribution >= 0.6 is 15.9 Å². The average molecular weight is 381 g/mol. The molecular formula is C18H13BrN4O. The summed E-state index contributed by atoms with van der Waals surface area (Å²) in [7, 11) is 0. The van der Waals surface area contributed by atoms with Crippen molar-refractivity contribution in [2.75, 3.05) is 0 Å². The van der Waals surface area contributed by atoms with Crippen molar-refractivity contribution in [3.05, 3.63) is 64.6 Å². The zero-order valence-corrected chi connectivity index (χ0v) is 14.4. The molecule has 0 fully saturated rings. The van der Waals surface area contributed by atoms with Gasteiger partial charge >= 0.3 is 0 Å². The Kier molecular flexibility index (Phi) is 3.74. The molecule has 4 aromatic rings. The fraction of sp³-hybridized carbons (Fsp3) is 0.0556. The van der Waals surface area contributed by atoms with Crippen molar-refractivity contribution >= 4 is 15.9 Å². The monoisotopic (exact) mass is 380 g/mol. The Bertz CT molecular complexity index is 1010. The first kappa shape index (κ1) is 14.8. The molecule has 0 unspecified atom stereocenters. The second kappa shape index (κ2) is 6.05. The van der Waals surface area contributed by atoms with E-state index in [1.165, 1.54) is 0 Å². The predicted molar refractivity (Wildman–Crippen MR) is 95.2 cm³/mol. The van der Waals surface area contributed by atoms with Gasteiger partial charge in [0.05, 0.1) is 5.69 Å². The minimum absolute atomic E-state index is 0.419. The summed E-state index contributed by atoms with van der Waals surface area (Å²) in [6, 6.07) is 17.8. The highest BCUT2D eigenvalue weighted by atomic mass is 79.9. The lowest BCUT2D eigenvalue weighted by molar-refractivity contribution is 0.431. The molecule has 2 aromatic heterocycles. The molecule has 1 N–H and O–H groups in total. The lowest BCUT2D eigenvalue weighted by atomic mass is 10.1. The molecule has 0 aliphatic rings. The van der Waals surface area contributed by atoms with Crippen LogP contribution in [0, 0.1) is 6.92 Å². The average Bonchev–Trinajstić information content (AvgIpc) is 3.25. The van der Waals surface area contributed by atoms with Crippen molar-refractivity contribution < 1.29 is 4.52 Å². The fourth-order valence-electron chi connectivity index (χ4n) is 2.49. The number of benzene rings is 2. The molecule has 0 spiro atoms. The number of rotatable bonds is 3. The predicted octanol–water partition coefficient (Wildman–Crippen LogP) is 4.86. The fourth-order valence-corrected chi connectivity index (χ4v) is 2.89. The molecule has 2 aromatic carbocycles. The van der Waals surface area contributed by atoms with Crippen molar-refractivity contribution in [1.29, 1.82) is 0 Å². The first-order chi connectivity index (χ1) is 11.7. The summed E-state index contributed by atoms with van der Waals surface area (Å²) < 4.78 is 6.40. The highest BCUT2D eigenvalue weighted by molar-refractivity contribution is 9.10. The van der Waals surface area contributed by atoms with Crippen LogP contribution in [0.15, 0.2) is 63.6 Å². The van der Waals surface area contributed by atoms with Crippen molar-refractivity contribution in [3.8, 4) is 34.2 Å². The molecule has 0 saturated carbocycles. The van der Waals surface area contributed by atoms with E-state index in [1.54, 1.807) is 0 Å².